The van der Waals surface area contributed by atoms with Crippen LogP contribution in [0.5, 0.6) is 0 Å². The molecule has 2 aliphatic rings. The van der Waals surface area contributed by atoms with Crippen molar-refractivity contribution in [1.82, 2.24) is 14.8 Å². The van der Waals surface area contributed by atoms with Crippen LogP contribution in [0.4, 0.5) is 20.6 Å². The van der Waals surface area contributed by atoms with E-state index in [-0.39, 0.29) is 17.9 Å². The normalized spacial score (nSPS) is 20.2. The predicted octanol–water partition coefficient (Wildman–Crippen LogP) is 4.59. The number of aromatic nitrogens is 1. The highest BCUT2D eigenvalue weighted by molar-refractivity contribution is 5.91. The fourth-order valence-corrected chi connectivity index (χ4v) is 4.72. The van der Waals surface area contributed by atoms with Crippen molar-refractivity contribution >= 4 is 17.4 Å². The van der Waals surface area contributed by atoms with E-state index in [2.05, 4.69) is 22.1 Å². The zero-order valence-corrected chi connectivity index (χ0v) is 19.1. The Bertz CT molecular complexity index is 897. The molecule has 0 saturated carbocycles. The second-order valence-electron chi connectivity index (χ2n) is 9.25. The molecule has 0 radical (unpaired) electrons. The van der Waals surface area contributed by atoms with Crippen LogP contribution in [0.2, 0.25) is 0 Å². The van der Waals surface area contributed by atoms with Crippen molar-refractivity contribution in [1.29, 1.82) is 0 Å². The van der Waals surface area contributed by atoms with Crippen LogP contribution >= 0.6 is 0 Å². The Labute approximate surface area is 190 Å². The minimum atomic E-state index is -0.241. The van der Waals surface area contributed by atoms with Gasteiger partial charge in [0.05, 0.1) is 17.6 Å². The first-order valence-corrected chi connectivity index (χ1v) is 11.7. The lowest BCUT2D eigenvalue weighted by Gasteiger charge is -2.35. The van der Waals surface area contributed by atoms with Gasteiger partial charge in [0.2, 0.25) is 0 Å². The van der Waals surface area contributed by atoms with Crippen molar-refractivity contribution in [2.75, 3.05) is 43.4 Å². The van der Waals surface area contributed by atoms with Gasteiger partial charge in [-0.2, -0.15) is 0 Å². The van der Waals surface area contributed by atoms with Crippen molar-refractivity contribution in [3.05, 3.63) is 54.1 Å². The number of benzene rings is 1. The molecule has 0 spiro atoms. The number of likely N-dealkylation sites (tertiary alicyclic amines) is 2. The minimum absolute atomic E-state index is 0.00592. The molecule has 4 rings (SSSR count). The van der Waals surface area contributed by atoms with E-state index in [0.717, 1.165) is 55.5 Å². The molecule has 32 heavy (non-hydrogen) atoms. The number of carbonyl (C=O) groups is 1. The molecule has 6 nitrogen and oxygen atoms in total. The van der Waals surface area contributed by atoms with Crippen LogP contribution in [0, 0.1) is 11.7 Å². The molecule has 172 valence electrons. The number of piperidine rings is 2. The van der Waals surface area contributed by atoms with Crippen molar-refractivity contribution < 1.29 is 9.18 Å². The Balaban J connectivity index is 1.27. The van der Waals surface area contributed by atoms with Gasteiger partial charge < -0.3 is 10.2 Å². The monoisotopic (exact) mass is 439 g/mol. The molecule has 1 aromatic carbocycles. The zero-order valence-electron chi connectivity index (χ0n) is 19.1. The molecule has 0 unspecified atom stereocenters. The fraction of sp³-hybridized carbons (Fsp3) is 0.520. The average Bonchev–Trinajstić information content (AvgIpc) is 2.79. The van der Waals surface area contributed by atoms with Crippen LogP contribution in [-0.2, 0) is 6.54 Å². The summed E-state index contributed by atoms with van der Waals surface area (Å²) in [6, 6.07) is 10.8. The Morgan fingerprint density at radius 1 is 1.19 bits per heavy atom. The third kappa shape index (κ3) is 5.76. The lowest BCUT2D eigenvalue weighted by atomic mass is 10.0. The fourth-order valence-electron chi connectivity index (χ4n) is 4.72. The van der Waals surface area contributed by atoms with Crippen LogP contribution in [0.1, 0.15) is 38.3 Å². The molecule has 1 aromatic heterocycles. The predicted molar refractivity (Wildman–Crippen MR) is 126 cm³/mol. The first kappa shape index (κ1) is 22.5. The number of halogens is 1. The summed E-state index contributed by atoms with van der Waals surface area (Å²) in [5.41, 5.74) is 2.65. The highest BCUT2D eigenvalue weighted by atomic mass is 19.1. The maximum absolute atomic E-state index is 13.4. The van der Waals surface area contributed by atoms with E-state index in [4.69, 9.17) is 0 Å². The molecule has 2 saturated heterocycles. The summed E-state index contributed by atoms with van der Waals surface area (Å²) in [4.78, 5) is 23.6. The van der Waals surface area contributed by atoms with Gasteiger partial charge in [-0.3, -0.25) is 14.8 Å². The molecule has 2 amide bonds. The van der Waals surface area contributed by atoms with Crippen LogP contribution < -0.4 is 10.2 Å². The van der Waals surface area contributed by atoms with E-state index < -0.39 is 0 Å². The number of nitrogens with one attached hydrogen (secondary N) is 1. The number of amides is 2. The second kappa shape index (κ2) is 10.3. The topological polar surface area (TPSA) is 51.7 Å². The number of urea groups is 1. The van der Waals surface area contributed by atoms with Crippen molar-refractivity contribution in [2.24, 2.45) is 5.92 Å². The first-order chi connectivity index (χ1) is 15.5. The zero-order chi connectivity index (χ0) is 22.5. The van der Waals surface area contributed by atoms with Gasteiger partial charge >= 0.3 is 6.03 Å². The maximum atomic E-state index is 13.4. The number of pyridine rings is 1. The smallest absolute Gasteiger partial charge is 0.324 e. The van der Waals surface area contributed by atoms with Gasteiger partial charge in [-0.1, -0.05) is 13.0 Å². The van der Waals surface area contributed by atoms with E-state index in [1.807, 2.05) is 30.1 Å². The number of carbonyl (C=O) groups excluding carboxylic acids is 1. The Hall–Kier alpha value is -2.67. The molecule has 2 fully saturated rings. The summed E-state index contributed by atoms with van der Waals surface area (Å²) >= 11 is 0. The third-order valence-electron chi connectivity index (χ3n) is 6.57. The van der Waals surface area contributed by atoms with E-state index in [1.165, 1.54) is 25.0 Å². The molecular weight excluding hydrogens is 405 g/mol. The van der Waals surface area contributed by atoms with Crippen molar-refractivity contribution in [3.63, 3.8) is 0 Å². The lowest BCUT2D eigenvalue weighted by molar-refractivity contribution is 0.175. The summed E-state index contributed by atoms with van der Waals surface area (Å²) in [6.07, 6.45) is 6.04. The van der Waals surface area contributed by atoms with E-state index in [1.54, 1.807) is 17.2 Å². The van der Waals surface area contributed by atoms with Crippen LogP contribution in [0.15, 0.2) is 42.6 Å². The molecule has 0 aliphatic carbocycles. The molecule has 1 atom stereocenters. The summed E-state index contributed by atoms with van der Waals surface area (Å²) < 4.78 is 13.4. The largest absolute Gasteiger partial charge is 0.382 e. The minimum Gasteiger partial charge on any atom is -0.382 e. The van der Waals surface area contributed by atoms with Gasteiger partial charge in [0, 0.05) is 45.0 Å². The van der Waals surface area contributed by atoms with Crippen molar-refractivity contribution in [3.8, 4) is 0 Å². The van der Waals surface area contributed by atoms with Crippen molar-refractivity contribution in [2.45, 2.75) is 45.2 Å². The molecule has 2 aromatic rings. The SMILES string of the molecule is C[C@@H]1CCCN(Cc2ccc(N(C)C(=O)N3CCC(Nc4cccc(F)c4)CC3)cn2)C1. The summed E-state index contributed by atoms with van der Waals surface area (Å²) in [6.45, 7) is 6.80. The molecule has 3 heterocycles. The van der Waals surface area contributed by atoms with E-state index in [9.17, 15) is 9.18 Å². The van der Waals surface area contributed by atoms with E-state index in [0.29, 0.717) is 13.1 Å². The number of hydrogen-bond acceptors (Lipinski definition) is 4. The molecular formula is C25H34FN5O. The van der Waals surface area contributed by atoms with Crippen LogP contribution in [0.3, 0.4) is 0 Å². The van der Waals surface area contributed by atoms with Gasteiger partial charge in [-0.15, -0.1) is 0 Å². The number of nitrogens with zero attached hydrogens (tertiary/aromatic N) is 4. The average molecular weight is 440 g/mol. The second-order valence-corrected chi connectivity index (χ2v) is 9.25. The maximum Gasteiger partial charge on any atom is 0.324 e. The quantitative estimate of drug-likeness (QED) is 0.741. The highest BCUT2D eigenvalue weighted by Gasteiger charge is 2.26. The number of anilines is 2. The van der Waals surface area contributed by atoms with Crippen LogP contribution in [0.25, 0.3) is 0 Å². The first-order valence-electron chi connectivity index (χ1n) is 11.7. The third-order valence-corrected chi connectivity index (χ3v) is 6.57. The standard InChI is InChI=1S/C25H34FN5O/c1-19-5-4-12-30(17-19)18-23-8-9-24(16-27-23)29(2)25(32)31-13-10-21(11-14-31)28-22-7-3-6-20(26)15-22/h3,6-9,15-16,19,21,28H,4-5,10-14,17-18H2,1-2H3/t19-/m1/s1. The van der Waals surface area contributed by atoms with E-state index >= 15 is 0 Å². The molecule has 2 aliphatic heterocycles. The van der Waals surface area contributed by atoms with Gasteiger partial charge in [-0.05, 0) is 68.5 Å². The van der Waals surface area contributed by atoms with Crippen LogP contribution in [-0.4, -0.2) is 60.1 Å². The number of hydrogen-bond donors (Lipinski definition) is 1. The Morgan fingerprint density at radius 3 is 2.69 bits per heavy atom. The molecule has 1 N–H and O–H groups in total. The Morgan fingerprint density at radius 2 is 2.00 bits per heavy atom. The van der Waals surface area contributed by atoms with Gasteiger partial charge in [-0.25, -0.2) is 9.18 Å². The highest BCUT2D eigenvalue weighted by Crippen LogP contribution is 2.21. The molecule has 0 bridgehead atoms. The molecule has 7 heteroatoms. The Kier molecular flexibility index (Phi) is 7.25. The summed E-state index contributed by atoms with van der Waals surface area (Å²) in [7, 11) is 1.81. The lowest BCUT2D eigenvalue weighted by Crippen LogP contribution is -2.47. The van der Waals surface area contributed by atoms with Gasteiger partial charge in [0.1, 0.15) is 5.82 Å². The van der Waals surface area contributed by atoms with Gasteiger partial charge in [0.25, 0.3) is 0 Å². The summed E-state index contributed by atoms with van der Waals surface area (Å²) in [5.74, 6) is 0.509. The van der Waals surface area contributed by atoms with Gasteiger partial charge in [0.15, 0.2) is 0 Å². The summed E-state index contributed by atoms with van der Waals surface area (Å²) in [5, 5.41) is 3.38. The number of rotatable bonds is 5.